The summed E-state index contributed by atoms with van der Waals surface area (Å²) in [6.07, 6.45) is 4.44. The molecule has 5 nitrogen and oxygen atoms in total. The molecule has 0 aromatic heterocycles. The van der Waals surface area contributed by atoms with Crippen LogP contribution in [0.4, 0.5) is 0 Å². The molecule has 0 bridgehead atoms. The van der Waals surface area contributed by atoms with Crippen LogP contribution >= 0.6 is 0 Å². The molecule has 1 saturated carbocycles. The van der Waals surface area contributed by atoms with Crippen LogP contribution in [0, 0.1) is 0 Å². The van der Waals surface area contributed by atoms with Crippen molar-refractivity contribution in [1.82, 2.24) is 5.32 Å². The molecule has 5 heteroatoms. The summed E-state index contributed by atoms with van der Waals surface area (Å²) >= 11 is 0. The van der Waals surface area contributed by atoms with Gasteiger partial charge in [-0.05, 0) is 25.8 Å². The van der Waals surface area contributed by atoms with E-state index in [0.717, 1.165) is 12.8 Å². The summed E-state index contributed by atoms with van der Waals surface area (Å²) in [4.78, 5) is 11.9. The van der Waals surface area contributed by atoms with Crippen LogP contribution in [0.5, 0.6) is 11.5 Å². The normalized spacial score (nSPS) is 15.0. The Hall–Kier alpha value is -1.75. The summed E-state index contributed by atoms with van der Waals surface area (Å²) in [6, 6.07) is 5.60. The van der Waals surface area contributed by atoms with Gasteiger partial charge in [0, 0.05) is 11.6 Å². The second-order valence-corrected chi connectivity index (χ2v) is 5.17. The van der Waals surface area contributed by atoms with Crippen molar-refractivity contribution in [3.05, 3.63) is 23.8 Å². The van der Waals surface area contributed by atoms with Gasteiger partial charge in [-0.15, -0.1) is 0 Å². The number of carbonyl (C=O) groups is 1. The third-order valence-corrected chi connectivity index (χ3v) is 3.60. The van der Waals surface area contributed by atoms with Gasteiger partial charge in [-0.1, -0.05) is 25.0 Å². The molecule has 0 radical (unpaired) electrons. The molecule has 1 fully saturated rings. The van der Waals surface area contributed by atoms with Crippen LogP contribution in [0.3, 0.4) is 0 Å². The number of carbonyl (C=O) groups excluding carboxylic acids is 1. The van der Waals surface area contributed by atoms with Gasteiger partial charge in [0.1, 0.15) is 0 Å². The lowest BCUT2D eigenvalue weighted by Gasteiger charge is -2.16. The van der Waals surface area contributed by atoms with Crippen molar-refractivity contribution in [3.63, 3.8) is 0 Å². The van der Waals surface area contributed by atoms with Gasteiger partial charge in [-0.2, -0.15) is 0 Å². The van der Waals surface area contributed by atoms with Crippen molar-refractivity contribution in [2.45, 2.75) is 45.3 Å². The fraction of sp³-hybridized carbons (Fsp3) is 0.562. The van der Waals surface area contributed by atoms with Crippen LogP contribution in [-0.2, 0) is 11.4 Å². The Balaban J connectivity index is 1.95. The molecule has 0 aliphatic heterocycles. The number of hydrogen-bond acceptors (Lipinski definition) is 4. The molecule has 1 aromatic rings. The van der Waals surface area contributed by atoms with Gasteiger partial charge in [0.15, 0.2) is 18.1 Å². The number of aliphatic hydroxyl groups excluding tert-OH is 1. The zero-order chi connectivity index (χ0) is 15.1. The van der Waals surface area contributed by atoms with Crippen LogP contribution in [0.25, 0.3) is 0 Å². The topological polar surface area (TPSA) is 67.8 Å². The third-order valence-electron chi connectivity index (χ3n) is 3.60. The summed E-state index contributed by atoms with van der Waals surface area (Å²) < 4.78 is 11.1. The average molecular weight is 293 g/mol. The van der Waals surface area contributed by atoms with E-state index in [1.54, 1.807) is 18.2 Å². The van der Waals surface area contributed by atoms with Gasteiger partial charge in [0.25, 0.3) is 5.91 Å². The third kappa shape index (κ3) is 4.36. The standard InChI is InChI=1S/C16H23NO4/c1-2-20-14-9-5-6-12(10-18)16(14)21-11-15(19)17-13-7-3-4-8-13/h5-6,9,13,18H,2-4,7-8,10-11H2,1H3,(H,17,19). The second kappa shape index (κ2) is 7.88. The minimum atomic E-state index is -0.152. The first-order valence-electron chi connectivity index (χ1n) is 7.52. The lowest BCUT2D eigenvalue weighted by atomic mass is 10.2. The number of benzene rings is 1. The number of rotatable bonds is 7. The maximum atomic E-state index is 11.9. The molecule has 1 aliphatic rings. The Morgan fingerprint density at radius 1 is 1.33 bits per heavy atom. The summed E-state index contributed by atoms with van der Waals surface area (Å²) in [5, 5.41) is 12.3. The average Bonchev–Trinajstić information content (AvgIpc) is 2.98. The minimum absolute atomic E-state index is 0.0619. The SMILES string of the molecule is CCOc1cccc(CO)c1OCC(=O)NC1CCCC1. The Bertz CT molecular complexity index is 469. The largest absolute Gasteiger partial charge is 0.490 e. The van der Waals surface area contributed by atoms with Crippen LogP contribution in [0.1, 0.15) is 38.2 Å². The maximum absolute atomic E-state index is 11.9. The van der Waals surface area contributed by atoms with Gasteiger partial charge in [-0.3, -0.25) is 4.79 Å². The van der Waals surface area contributed by atoms with E-state index in [9.17, 15) is 9.90 Å². The van der Waals surface area contributed by atoms with E-state index >= 15 is 0 Å². The van der Waals surface area contributed by atoms with Crippen molar-refractivity contribution >= 4 is 5.91 Å². The zero-order valence-electron chi connectivity index (χ0n) is 12.4. The van der Waals surface area contributed by atoms with Gasteiger partial charge in [0.05, 0.1) is 13.2 Å². The molecule has 2 rings (SSSR count). The highest BCUT2D eigenvalue weighted by Gasteiger charge is 2.18. The number of hydrogen-bond donors (Lipinski definition) is 2. The molecule has 1 amide bonds. The molecular formula is C16H23NO4. The predicted octanol–water partition coefficient (Wildman–Crippen LogP) is 2.02. The van der Waals surface area contributed by atoms with Crippen LogP contribution < -0.4 is 14.8 Å². The highest BCUT2D eigenvalue weighted by molar-refractivity contribution is 5.78. The van der Waals surface area contributed by atoms with E-state index in [1.807, 2.05) is 6.92 Å². The quantitative estimate of drug-likeness (QED) is 0.807. The number of para-hydroxylation sites is 1. The highest BCUT2D eigenvalue weighted by atomic mass is 16.5. The van der Waals surface area contributed by atoms with Crippen LogP contribution in [0.2, 0.25) is 0 Å². The maximum Gasteiger partial charge on any atom is 0.258 e. The summed E-state index contributed by atoms with van der Waals surface area (Å²) in [6.45, 7) is 2.16. The molecule has 0 atom stereocenters. The minimum Gasteiger partial charge on any atom is -0.490 e. The molecule has 0 spiro atoms. The number of nitrogens with one attached hydrogen (secondary N) is 1. The molecule has 0 saturated heterocycles. The first-order chi connectivity index (χ1) is 10.2. The lowest BCUT2D eigenvalue weighted by Crippen LogP contribution is -2.36. The lowest BCUT2D eigenvalue weighted by molar-refractivity contribution is -0.123. The van der Waals surface area contributed by atoms with E-state index in [0.29, 0.717) is 23.7 Å². The number of amides is 1. The van der Waals surface area contributed by atoms with Crippen molar-refractivity contribution < 1.29 is 19.4 Å². The van der Waals surface area contributed by atoms with Gasteiger partial charge < -0.3 is 19.9 Å². The van der Waals surface area contributed by atoms with Crippen molar-refractivity contribution in [1.29, 1.82) is 0 Å². The predicted molar refractivity (Wildman–Crippen MR) is 79.4 cm³/mol. The Morgan fingerprint density at radius 3 is 2.76 bits per heavy atom. The van der Waals surface area contributed by atoms with E-state index in [2.05, 4.69) is 5.32 Å². The second-order valence-electron chi connectivity index (χ2n) is 5.17. The van der Waals surface area contributed by atoms with E-state index in [1.165, 1.54) is 12.8 Å². The summed E-state index contributed by atoms with van der Waals surface area (Å²) in [7, 11) is 0. The van der Waals surface area contributed by atoms with Crippen LogP contribution in [0.15, 0.2) is 18.2 Å². The Kier molecular flexibility index (Phi) is 5.87. The molecule has 0 unspecified atom stereocenters. The molecule has 116 valence electrons. The monoisotopic (exact) mass is 293 g/mol. The number of ether oxygens (including phenoxy) is 2. The van der Waals surface area contributed by atoms with Crippen molar-refractivity contribution in [3.8, 4) is 11.5 Å². The molecule has 0 heterocycles. The van der Waals surface area contributed by atoms with E-state index in [4.69, 9.17) is 9.47 Å². The van der Waals surface area contributed by atoms with Gasteiger partial charge in [0.2, 0.25) is 0 Å². The molecular weight excluding hydrogens is 270 g/mol. The van der Waals surface area contributed by atoms with Gasteiger partial charge >= 0.3 is 0 Å². The van der Waals surface area contributed by atoms with Crippen molar-refractivity contribution in [2.24, 2.45) is 0 Å². The first kappa shape index (κ1) is 15.6. The number of aliphatic hydroxyl groups is 1. The van der Waals surface area contributed by atoms with Crippen LogP contribution in [-0.4, -0.2) is 30.3 Å². The van der Waals surface area contributed by atoms with Crippen molar-refractivity contribution in [2.75, 3.05) is 13.2 Å². The molecule has 21 heavy (non-hydrogen) atoms. The molecule has 1 aliphatic carbocycles. The summed E-state index contributed by atoms with van der Waals surface area (Å²) in [5.74, 6) is 0.873. The van der Waals surface area contributed by atoms with E-state index < -0.39 is 0 Å². The zero-order valence-corrected chi connectivity index (χ0v) is 12.4. The van der Waals surface area contributed by atoms with E-state index in [-0.39, 0.29) is 25.2 Å². The van der Waals surface area contributed by atoms with Gasteiger partial charge in [-0.25, -0.2) is 0 Å². The Labute approximate surface area is 125 Å². The highest BCUT2D eigenvalue weighted by Crippen LogP contribution is 2.31. The fourth-order valence-corrected chi connectivity index (χ4v) is 2.60. The Morgan fingerprint density at radius 2 is 2.10 bits per heavy atom. The molecule has 1 aromatic carbocycles. The molecule has 2 N–H and O–H groups in total. The smallest absolute Gasteiger partial charge is 0.258 e. The first-order valence-corrected chi connectivity index (χ1v) is 7.52. The summed E-state index contributed by atoms with van der Waals surface area (Å²) in [5.41, 5.74) is 0.620. The fourth-order valence-electron chi connectivity index (χ4n) is 2.60.